The molecule has 0 saturated carbocycles. The lowest BCUT2D eigenvalue weighted by atomic mass is 10.2. The highest BCUT2D eigenvalue weighted by molar-refractivity contribution is 5.84. The van der Waals surface area contributed by atoms with E-state index in [1.807, 2.05) is 5.92 Å². The minimum absolute atomic E-state index is 0.00653. The number of halogens is 3. The molecule has 0 saturated heterocycles. The first-order valence-electron chi connectivity index (χ1n) is 5.46. The average Bonchev–Trinajstić information content (AvgIpc) is 2.34. The van der Waals surface area contributed by atoms with Gasteiger partial charge in [-0.05, 0) is 19.1 Å². The number of allylic oxidation sites excluding steroid dienone is 1. The minimum Gasteiger partial charge on any atom is -0.463 e. The number of carbonyl (C=O) groups is 1. The van der Waals surface area contributed by atoms with Gasteiger partial charge in [-0.15, -0.1) is 0 Å². The van der Waals surface area contributed by atoms with E-state index < -0.39 is 17.7 Å². The average molecular weight is 268 g/mol. The van der Waals surface area contributed by atoms with Gasteiger partial charge in [0, 0.05) is 11.6 Å². The molecule has 0 aliphatic heterocycles. The summed E-state index contributed by atoms with van der Waals surface area (Å²) in [7, 11) is 0. The molecule has 0 aromatic heterocycles. The monoisotopic (exact) mass is 268 g/mol. The number of benzene rings is 1. The van der Waals surface area contributed by atoms with Crippen LogP contribution in [0, 0.1) is 11.8 Å². The first kappa shape index (κ1) is 14.8. The number of esters is 1. The summed E-state index contributed by atoms with van der Waals surface area (Å²) in [6, 6.07) is 8.19. The van der Waals surface area contributed by atoms with Gasteiger partial charge in [-0.1, -0.05) is 30.0 Å². The summed E-state index contributed by atoms with van der Waals surface area (Å²) in [5, 5.41) is 0. The zero-order valence-electron chi connectivity index (χ0n) is 10.1. The predicted octanol–water partition coefficient (Wildman–Crippen LogP) is 3.09. The van der Waals surface area contributed by atoms with Gasteiger partial charge < -0.3 is 4.74 Å². The fraction of sp³-hybridized carbons (Fsp3) is 0.214. The van der Waals surface area contributed by atoms with Gasteiger partial charge in [0.1, 0.15) is 5.57 Å². The number of hydrogen-bond acceptors (Lipinski definition) is 2. The van der Waals surface area contributed by atoms with E-state index in [0.717, 1.165) is 0 Å². The lowest BCUT2D eigenvalue weighted by Crippen LogP contribution is -2.13. The van der Waals surface area contributed by atoms with E-state index in [-0.39, 0.29) is 6.61 Å². The Kier molecular flexibility index (Phi) is 5.19. The predicted molar refractivity (Wildman–Crippen MR) is 64.1 cm³/mol. The molecule has 0 aliphatic carbocycles. The van der Waals surface area contributed by atoms with Crippen LogP contribution < -0.4 is 0 Å². The molecule has 0 aliphatic rings. The Balaban J connectivity index is 3.01. The standard InChI is InChI=1S/C14H11F3O2/c1-2-19-13(18)10-12(14(15,16)17)9-8-11-6-4-3-5-7-11/h3-7,10H,2H2,1H3/b12-10+. The van der Waals surface area contributed by atoms with Gasteiger partial charge >= 0.3 is 12.1 Å². The van der Waals surface area contributed by atoms with E-state index >= 15 is 0 Å². The lowest BCUT2D eigenvalue weighted by Gasteiger charge is -2.05. The molecule has 2 nitrogen and oxygen atoms in total. The van der Waals surface area contributed by atoms with E-state index in [4.69, 9.17) is 0 Å². The van der Waals surface area contributed by atoms with Crippen molar-refractivity contribution >= 4 is 5.97 Å². The first-order valence-corrected chi connectivity index (χ1v) is 5.46. The molecule has 0 unspecified atom stereocenters. The molecule has 19 heavy (non-hydrogen) atoms. The SMILES string of the molecule is CCOC(=O)/C=C(\C#Cc1ccccc1)C(F)(F)F. The normalized spacial score (nSPS) is 11.5. The molecule has 100 valence electrons. The van der Waals surface area contributed by atoms with Crippen molar-refractivity contribution in [2.24, 2.45) is 0 Å². The van der Waals surface area contributed by atoms with Crippen LogP contribution >= 0.6 is 0 Å². The molecule has 0 atom stereocenters. The van der Waals surface area contributed by atoms with Crippen molar-refractivity contribution in [1.82, 2.24) is 0 Å². The number of rotatable bonds is 2. The molecular formula is C14H11F3O2. The molecule has 1 aromatic carbocycles. The van der Waals surface area contributed by atoms with Gasteiger partial charge in [-0.25, -0.2) is 4.79 Å². The van der Waals surface area contributed by atoms with E-state index in [9.17, 15) is 18.0 Å². The van der Waals surface area contributed by atoms with Gasteiger partial charge in [-0.2, -0.15) is 13.2 Å². The third-order valence-corrected chi connectivity index (χ3v) is 1.97. The summed E-state index contributed by atoms with van der Waals surface area (Å²) in [5.41, 5.74) is -0.795. The van der Waals surface area contributed by atoms with Crippen LogP contribution in [0.4, 0.5) is 13.2 Å². The van der Waals surface area contributed by atoms with E-state index in [0.29, 0.717) is 11.6 Å². The van der Waals surface area contributed by atoms with Crippen molar-refractivity contribution in [3.63, 3.8) is 0 Å². The van der Waals surface area contributed by atoms with Crippen LogP contribution in [0.2, 0.25) is 0 Å². The Morgan fingerprint density at radius 1 is 1.32 bits per heavy atom. The molecule has 0 bridgehead atoms. The van der Waals surface area contributed by atoms with Crippen LogP contribution in [0.1, 0.15) is 12.5 Å². The Labute approximate surface area is 108 Å². The van der Waals surface area contributed by atoms with Gasteiger partial charge in [0.25, 0.3) is 0 Å². The highest BCUT2D eigenvalue weighted by atomic mass is 19.4. The molecule has 0 fully saturated rings. The zero-order chi connectivity index (χ0) is 14.3. The molecule has 1 aromatic rings. The number of hydrogen-bond donors (Lipinski definition) is 0. The van der Waals surface area contributed by atoms with Crippen LogP contribution in [0.3, 0.4) is 0 Å². The fourth-order valence-electron chi connectivity index (χ4n) is 1.15. The number of ether oxygens (including phenoxy) is 1. The summed E-state index contributed by atoms with van der Waals surface area (Å²) in [6.07, 6.45) is -4.33. The van der Waals surface area contributed by atoms with E-state index in [1.165, 1.54) is 6.92 Å². The summed E-state index contributed by atoms with van der Waals surface area (Å²) in [6.45, 7) is 1.52. The third kappa shape index (κ3) is 5.30. The maximum Gasteiger partial charge on any atom is 0.424 e. The van der Waals surface area contributed by atoms with Crippen molar-refractivity contribution < 1.29 is 22.7 Å². The minimum atomic E-state index is -4.69. The fourth-order valence-corrected chi connectivity index (χ4v) is 1.15. The number of alkyl halides is 3. The van der Waals surface area contributed by atoms with Crippen LogP contribution in [0.5, 0.6) is 0 Å². The second kappa shape index (κ2) is 6.64. The molecule has 1 rings (SSSR count). The molecule has 0 amide bonds. The molecule has 0 N–H and O–H groups in total. The van der Waals surface area contributed by atoms with Crippen LogP contribution in [0.15, 0.2) is 42.0 Å². The van der Waals surface area contributed by atoms with Crippen molar-refractivity contribution in [2.45, 2.75) is 13.1 Å². The van der Waals surface area contributed by atoms with Crippen LogP contribution in [-0.4, -0.2) is 18.8 Å². The molecular weight excluding hydrogens is 257 g/mol. The Morgan fingerprint density at radius 3 is 2.47 bits per heavy atom. The second-order valence-electron chi connectivity index (χ2n) is 3.42. The summed E-state index contributed by atoms with van der Waals surface area (Å²) >= 11 is 0. The van der Waals surface area contributed by atoms with Gasteiger partial charge in [-0.3, -0.25) is 0 Å². The van der Waals surface area contributed by atoms with E-state index in [2.05, 4.69) is 10.7 Å². The van der Waals surface area contributed by atoms with Crippen molar-refractivity contribution in [1.29, 1.82) is 0 Å². The van der Waals surface area contributed by atoms with Gasteiger partial charge in [0.05, 0.1) is 6.61 Å². The lowest BCUT2D eigenvalue weighted by molar-refractivity contribution is -0.138. The Hall–Kier alpha value is -2.22. The second-order valence-corrected chi connectivity index (χ2v) is 3.42. The highest BCUT2D eigenvalue weighted by Crippen LogP contribution is 2.25. The smallest absolute Gasteiger partial charge is 0.424 e. The van der Waals surface area contributed by atoms with Gasteiger partial charge in [0.15, 0.2) is 0 Å². The highest BCUT2D eigenvalue weighted by Gasteiger charge is 2.33. The van der Waals surface area contributed by atoms with Gasteiger partial charge in [0.2, 0.25) is 0 Å². The van der Waals surface area contributed by atoms with Crippen molar-refractivity contribution in [2.75, 3.05) is 6.61 Å². The zero-order valence-corrected chi connectivity index (χ0v) is 10.1. The molecule has 5 heteroatoms. The molecule has 0 radical (unpaired) electrons. The summed E-state index contributed by atoms with van der Waals surface area (Å²) < 4.78 is 42.4. The molecule has 0 spiro atoms. The Bertz CT molecular complexity index is 519. The van der Waals surface area contributed by atoms with Crippen molar-refractivity contribution in [3.05, 3.63) is 47.5 Å². The first-order chi connectivity index (χ1) is 8.93. The molecule has 0 heterocycles. The van der Waals surface area contributed by atoms with Crippen molar-refractivity contribution in [3.8, 4) is 11.8 Å². The third-order valence-electron chi connectivity index (χ3n) is 1.97. The summed E-state index contributed by atoms with van der Waals surface area (Å²) in [5.74, 6) is 3.25. The Morgan fingerprint density at radius 2 is 1.95 bits per heavy atom. The number of carbonyl (C=O) groups excluding carboxylic acids is 1. The largest absolute Gasteiger partial charge is 0.463 e. The van der Waals surface area contributed by atoms with Crippen LogP contribution in [-0.2, 0) is 9.53 Å². The maximum atomic E-state index is 12.6. The maximum absolute atomic E-state index is 12.6. The quantitative estimate of drug-likeness (QED) is 0.468. The summed E-state index contributed by atoms with van der Waals surface area (Å²) in [4.78, 5) is 11.0. The van der Waals surface area contributed by atoms with Crippen LogP contribution in [0.25, 0.3) is 0 Å². The van der Waals surface area contributed by atoms with E-state index in [1.54, 1.807) is 30.3 Å². The topological polar surface area (TPSA) is 26.3 Å².